The molecular formula is C88H61BrN4S2. The number of para-hydroxylation sites is 6. The predicted octanol–water partition coefficient (Wildman–Crippen LogP) is 27.3. The lowest BCUT2D eigenvalue weighted by Crippen LogP contribution is -2.10. The number of nitrogens with one attached hydrogen (secondary N) is 1. The summed E-state index contributed by atoms with van der Waals surface area (Å²) in [6.45, 7) is 0. The van der Waals surface area contributed by atoms with Gasteiger partial charge in [-0.1, -0.05) is 255 Å². The largest absolute Gasteiger partial charge is 0.355 e. The van der Waals surface area contributed by atoms with Crippen LogP contribution in [0.5, 0.6) is 0 Å². The van der Waals surface area contributed by atoms with E-state index in [1.807, 2.05) is 40.9 Å². The highest BCUT2D eigenvalue weighted by Crippen LogP contribution is 2.51. The van der Waals surface area contributed by atoms with Crippen LogP contribution >= 0.6 is 38.6 Å². The topological polar surface area (TPSA) is 21.8 Å². The molecule has 0 fully saturated rings. The van der Waals surface area contributed by atoms with Crippen molar-refractivity contribution in [3.63, 3.8) is 0 Å². The van der Waals surface area contributed by atoms with E-state index >= 15 is 0 Å². The highest BCUT2D eigenvalue weighted by molar-refractivity contribution is 9.10. The molecule has 1 N–H and O–H groups in total. The van der Waals surface area contributed by atoms with Crippen LogP contribution in [-0.2, 0) is 0 Å². The van der Waals surface area contributed by atoms with Gasteiger partial charge in [0.1, 0.15) is 0 Å². The number of rotatable bonds is 11. The summed E-state index contributed by atoms with van der Waals surface area (Å²) in [6, 6.07) is 129. The molecule has 0 aliphatic carbocycles. The zero-order chi connectivity index (χ0) is 63.4. The molecule has 452 valence electrons. The first kappa shape index (κ1) is 58.7. The molecule has 2 heterocycles. The average molecular weight is 1320 g/mol. The van der Waals surface area contributed by atoms with Crippen molar-refractivity contribution in [2.75, 3.05) is 20.0 Å². The van der Waals surface area contributed by atoms with Crippen molar-refractivity contribution in [1.82, 2.24) is 0 Å². The van der Waals surface area contributed by atoms with Crippen molar-refractivity contribution < 1.29 is 0 Å². The first-order valence-corrected chi connectivity index (χ1v) is 34.3. The molecule has 0 aliphatic rings. The minimum atomic E-state index is 1.11. The summed E-state index contributed by atoms with van der Waals surface area (Å²) in [6.07, 6.45) is 0. The molecule has 0 aliphatic heterocycles. The van der Waals surface area contributed by atoms with E-state index in [-0.39, 0.29) is 0 Å². The molecular weight excluding hydrogens is 1260 g/mol. The second-order valence-corrected chi connectivity index (χ2v) is 26.2. The molecule has 0 radical (unpaired) electrons. The Morgan fingerprint density at radius 2 is 0.526 bits per heavy atom. The van der Waals surface area contributed by atoms with E-state index in [0.717, 1.165) is 44.3 Å². The zero-order valence-corrected chi connectivity index (χ0v) is 54.9. The number of benzene rings is 16. The third-order valence-corrected chi connectivity index (χ3v) is 21.0. The van der Waals surface area contributed by atoms with E-state index in [9.17, 15) is 0 Å². The lowest BCUT2D eigenvalue weighted by molar-refractivity contribution is 1.30. The molecule has 0 saturated heterocycles. The molecule has 0 spiro atoms. The van der Waals surface area contributed by atoms with Gasteiger partial charge in [0.05, 0.1) is 36.8 Å². The van der Waals surface area contributed by atoms with E-state index in [1.165, 1.54) is 106 Å². The third kappa shape index (κ3) is 11.5. The first-order chi connectivity index (χ1) is 47.1. The van der Waals surface area contributed by atoms with Crippen LogP contribution in [0, 0.1) is 0 Å². The molecule has 18 aromatic rings. The van der Waals surface area contributed by atoms with Crippen LogP contribution in [0.1, 0.15) is 0 Å². The summed E-state index contributed by atoms with van der Waals surface area (Å²) in [7, 11) is 0. The standard InChI is InChI=1S/C44H30N2S.C24H16BrNS.C20H15N/c1-4-17-32(18-5-1)45(33-19-6-2-7-20-33)40-28-14-26-38-39-27-15-29-41(44(39)47-43(38)40)46(34-21-8-3-9-22-34)42-30-31-16-10-11-23-35(31)36-24-12-13-25-37(36)42;25-21-15-7-13-19-20-14-8-16-22(24(20)27-23(19)21)26(17-9-3-1-4-10-17)18-11-5-2-6-12-18;1-2-9-16(10-3-1)21-20-14-15-8-4-5-11-17(15)18-12-6-7-13-19(18)20/h1-30H;1-16H;1-14,21H. The molecule has 4 nitrogen and oxygen atoms in total. The molecule has 0 saturated carbocycles. The Morgan fingerprint density at radius 1 is 0.221 bits per heavy atom. The fourth-order valence-corrected chi connectivity index (χ4v) is 16.4. The lowest BCUT2D eigenvalue weighted by Gasteiger charge is -2.28. The zero-order valence-electron chi connectivity index (χ0n) is 51.7. The molecule has 0 unspecified atom stereocenters. The number of hydrogen-bond acceptors (Lipinski definition) is 6. The number of anilines is 11. The Labute approximate surface area is 568 Å². The third-order valence-electron chi connectivity index (χ3n) is 17.5. The van der Waals surface area contributed by atoms with Crippen LogP contribution in [0.4, 0.5) is 62.6 Å². The van der Waals surface area contributed by atoms with E-state index in [0.29, 0.717) is 0 Å². The minimum Gasteiger partial charge on any atom is -0.355 e. The van der Waals surface area contributed by atoms with Gasteiger partial charge in [0.15, 0.2) is 0 Å². The van der Waals surface area contributed by atoms with E-state index in [1.54, 1.807) is 0 Å². The van der Waals surface area contributed by atoms with Crippen molar-refractivity contribution >= 4 is 185 Å². The second-order valence-electron chi connectivity index (χ2n) is 23.3. The maximum atomic E-state index is 3.72. The van der Waals surface area contributed by atoms with Crippen LogP contribution in [0.25, 0.3) is 83.4 Å². The Bertz CT molecular complexity index is 5650. The van der Waals surface area contributed by atoms with Gasteiger partial charge in [0, 0.05) is 81.3 Å². The van der Waals surface area contributed by atoms with Gasteiger partial charge in [-0.25, -0.2) is 0 Å². The van der Waals surface area contributed by atoms with Crippen LogP contribution < -0.4 is 20.0 Å². The Hall–Kier alpha value is -11.3. The number of thiophene rings is 2. The average Bonchev–Trinajstić information content (AvgIpc) is 1.71. The maximum Gasteiger partial charge on any atom is 0.0640 e. The highest BCUT2D eigenvalue weighted by atomic mass is 79.9. The Kier molecular flexibility index (Phi) is 16.3. The van der Waals surface area contributed by atoms with E-state index in [2.05, 4.69) is 382 Å². The SMILES string of the molecule is Brc1cccc2c1sc1c(N(c3ccccc3)c3ccccc3)cccc12.c1ccc(N(c2ccccc2)c2cccc3c2sc2c(N(c4ccccc4)c4cc5ccccc5c5ccccc45)cccc23)cc1.c1ccc(Nc2cc3ccccc3c3ccccc23)cc1. The molecule has 0 amide bonds. The molecule has 16 aromatic carbocycles. The van der Waals surface area contributed by atoms with Gasteiger partial charge in [-0.15, -0.1) is 22.7 Å². The fraction of sp³-hybridized carbons (Fsp3) is 0. The molecule has 18 rings (SSSR count). The molecule has 95 heavy (non-hydrogen) atoms. The van der Waals surface area contributed by atoms with Crippen molar-refractivity contribution in [3.05, 3.63) is 368 Å². The van der Waals surface area contributed by atoms with Crippen LogP contribution in [0.2, 0.25) is 0 Å². The van der Waals surface area contributed by atoms with Gasteiger partial charge in [-0.2, -0.15) is 0 Å². The van der Waals surface area contributed by atoms with Gasteiger partial charge in [0.2, 0.25) is 0 Å². The first-order valence-electron chi connectivity index (χ1n) is 31.9. The van der Waals surface area contributed by atoms with Crippen molar-refractivity contribution in [2.24, 2.45) is 0 Å². The summed E-state index contributed by atoms with van der Waals surface area (Å²) in [5.41, 5.74) is 12.7. The van der Waals surface area contributed by atoms with Crippen LogP contribution in [0.3, 0.4) is 0 Å². The van der Waals surface area contributed by atoms with Gasteiger partial charge in [0.25, 0.3) is 0 Å². The Balaban J connectivity index is 0.000000125. The molecule has 0 bridgehead atoms. The summed E-state index contributed by atoms with van der Waals surface area (Å²) in [5, 5.41) is 18.7. The highest BCUT2D eigenvalue weighted by Gasteiger charge is 2.24. The monoisotopic (exact) mass is 1320 g/mol. The van der Waals surface area contributed by atoms with E-state index in [4.69, 9.17) is 0 Å². The quantitative estimate of drug-likeness (QED) is 0.130. The summed E-state index contributed by atoms with van der Waals surface area (Å²) in [5.74, 6) is 0. The fourth-order valence-electron chi connectivity index (χ4n) is 13.3. The summed E-state index contributed by atoms with van der Waals surface area (Å²) in [4.78, 5) is 7.17. The second kappa shape index (κ2) is 26.4. The summed E-state index contributed by atoms with van der Waals surface area (Å²) >= 11 is 7.44. The van der Waals surface area contributed by atoms with Crippen LogP contribution in [0.15, 0.2) is 368 Å². The van der Waals surface area contributed by atoms with Crippen molar-refractivity contribution in [3.8, 4) is 0 Å². The molecule has 7 heteroatoms. The molecule has 0 atom stereocenters. The predicted molar refractivity (Wildman–Crippen MR) is 417 cm³/mol. The van der Waals surface area contributed by atoms with Crippen molar-refractivity contribution in [1.29, 1.82) is 0 Å². The molecule has 2 aromatic heterocycles. The number of halogens is 1. The van der Waals surface area contributed by atoms with E-state index < -0.39 is 0 Å². The minimum absolute atomic E-state index is 1.11. The van der Waals surface area contributed by atoms with Gasteiger partial charge >= 0.3 is 0 Å². The lowest BCUT2D eigenvalue weighted by atomic mass is 9.99. The number of fused-ring (bicyclic) bond motifs is 12. The number of hydrogen-bond donors (Lipinski definition) is 1. The normalized spacial score (nSPS) is 11.2. The van der Waals surface area contributed by atoms with Crippen molar-refractivity contribution in [2.45, 2.75) is 0 Å². The maximum absolute atomic E-state index is 3.72. The summed E-state index contributed by atoms with van der Waals surface area (Å²) < 4.78 is 6.27. The number of nitrogens with zero attached hydrogens (tertiary/aromatic N) is 3. The van der Waals surface area contributed by atoms with Gasteiger partial charge in [-0.05, 0) is 157 Å². The van der Waals surface area contributed by atoms with Crippen LogP contribution in [-0.4, -0.2) is 0 Å². The van der Waals surface area contributed by atoms with Gasteiger partial charge in [-0.3, -0.25) is 0 Å². The smallest absolute Gasteiger partial charge is 0.0640 e. The Morgan fingerprint density at radius 3 is 0.979 bits per heavy atom. The van der Waals surface area contributed by atoms with Gasteiger partial charge < -0.3 is 20.0 Å².